The number of carbonyl (C=O) groups is 1. The topological polar surface area (TPSA) is 90.3 Å². The molecule has 2 aromatic heterocycles. The number of rotatable bonds is 12. The van der Waals surface area contributed by atoms with Crippen LogP contribution in [0.15, 0.2) is 53.3 Å². The Balaban J connectivity index is 2.03. The summed E-state index contributed by atoms with van der Waals surface area (Å²) in [5, 5.41) is 0. The van der Waals surface area contributed by atoms with Gasteiger partial charge in [0.05, 0.1) is 19.0 Å². The summed E-state index contributed by atoms with van der Waals surface area (Å²) < 4.78 is 36.0. The number of benzene rings is 1. The van der Waals surface area contributed by atoms with Crippen LogP contribution < -0.4 is 4.72 Å². The minimum atomic E-state index is -4.11. The van der Waals surface area contributed by atoms with Gasteiger partial charge in [-0.2, -0.15) is 0 Å². The van der Waals surface area contributed by atoms with Crippen molar-refractivity contribution in [2.45, 2.75) is 70.6 Å². The predicted octanol–water partition coefficient (Wildman–Crippen LogP) is 6.66. The third-order valence-corrected chi connectivity index (χ3v) is 9.12. The van der Waals surface area contributed by atoms with E-state index in [0.29, 0.717) is 23.8 Å². The number of nitrogens with zero attached hydrogens (tertiary/aromatic N) is 2. The Kier molecular flexibility index (Phi) is 9.73. The van der Waals surface area contributed by atoms with Crippen molar-refractivity contribution in [2.24, 2.45) is 11.8 Å². The zero-order valence-electron chi connectivity index (χ0n) is 21.7. The zero-order valence-corrected chi connectivity index (χ0v) is 23.4. The molecule has 0 aliphatic rings. The number of sulfonamides is 1. The lowest BCUT2D eigenvalue weighted by Gasteiger charge is -2.25. The van der Waals surface area contributed by atoms with Crippen LogP contribution in [0.25, 0.3) is 11.1 Å². The summed E-state index contributed by atoms with van der Waals surface area (Å²) in [6, 6.07) is 10.0. The Hall–Kier alpha value is -2.65. The smallest absolute Gasteiger partial charge is 0.421 e. The van der Waals surface area contributed by atoms with Gasteiger partial charge in [-0.15, -0.1) is 11.3 Å². The number of ether oxygens (including phenoxy) is 1. The van der Waals surface area contributed by atoms with E-state index in [1.165, 1.54) is 11.3 Å². The molecule has 2 atom stereocenters. The monoisotopic (exact) mass is 531 g/mol. The van der Waals surface area contributed by atoms with Crippen LogP contribution in [0.5, 0.6) is 0 Å². The number of hydrogen-bond acceptors (Lipinski definition) is 6. The van der Waals surface area contributed by atoms with Crippen LogP contribution in [0.4, 0.5) is 4.79 Å². The molecule has 0 aliphatic carbocycles. The number of carbonyl (C=O) groups excluding carboxylic acids is 1. The Morgan fingerprint density at radius 3 is 2.61 bits per heavy atom. The lowest BCUT2D eigenvalue weighted by Crippen LogP contribution is -2.31. The first-order valence-electron chi connectivity index (χ1n) is 12.6. The van der Waals surface area contributed by atoms with Gasteiger partial charge in [0.25, 0.3) is 10.0 Å². The Morgan fingerprint density at radius 2 is 1.97 bits per heavy atom. The fourth-order valence-corrected chi connectivity index (χ4v) is 7.00. The fourth-order valence-electron chi connectivity index (χ4n) is 4.16. The van der Waals surface area contributed by atoms with Gasteiger partial charge in [0.15, 0.2) is 0 Å². The minimum Gasteiger partial charge on any atom is -0.449 e. The third kappa shape index (κ3) is 6.97. The second-order valence-corrected chi connectivity index (χ2v) is 12.6. The molecular formula is C27H37N3O4S2. The number of amides is 1. The molecule has 0 fully saturated rings. The van der Waals surface area contributed by atoms with Crippen molar-refractivity contribution >= 4 is 27.5 Å². The van der Waals surface area contributed by atoms with Crippen LogP contribution in [-0.2, 0) is 21.2 Å². The minimum absolute atomic E-state index is 0.0675. The molecule has 0 bridgehead atoms. The molecule has 3 aromatic rings. The van der Waals surface area contributed by atoms with E-state index >= 15 is 0 Å². The molecule has 0 aliphatic heterocycles. The van der Waals surface area contributed by atoms with Gasteiger partial charge >= 0.3 is 6.09 Å². The zero-order chi connectivity index (χ0) is 26.3. The molecule has 1 amide bonds. The lowest BCUT2D eigenvalue weighted by atomic mass is 9.90. The standard InChI is InChI=1S/C27H37N3O4S2/c1-6-8-14-34-27(31)29-36(32,33)26-24(17-23(35-26)15-19(3)4)21-10-9-11-22(16-21)25(20(5)7-2)30-13-12-28-18-30/h9-13,16-20,25H,6-8,14-15H2,1-5H3,(H,29,31). The summed E-state index contributed by atoms with van der Waals surface area (Å²) in [6.45, 7) is 10.7. The molecule has 0 spiro atoms. The van der Waals surface area contributed by atoms with E-state index in [9.17, 15) is 13.2 Å². The van der Waals surface area contributed by atoms with Gasteiger partial charge in [-0.05, 0) is 47.9 Å². The van der Waals surface area contributed by atoms with Gasteiger partial charge in [0, 0.05) is 22.8 Å². The maximum Gasteiger partial charge on any atom is 0.421 e. The maximum absolute atomic E-state index is 13.3. The van der Waals surface area contributed by atoms with Crippen molar-refractivity contribution in [3.63, 3.8) is 0 Å². The second kappa shape index (κ2) is 12.5. The predicted molar refractivity (Wildman–Crippen MR) is 145 cm³/mol. The number of aromatic nitrogens is 2. The molecule has 0 saturated carbocycles. The third-order valence-electron chi connectivity index (χ3n) is 6.12. The summed E-state index contributed by atoms with van der Waals surface area (Å²) in [5.74, 6) is 0.706. The van der Waals surface area contributed by atoms with Gasteiger partial charge in [0.2, 0.25) is 0 Å². The van der Waals surface area contributed by atoms with Crippen molar-refractivity contribution in [3.05, 3.63) is 59.5 Å². The largest absolute Gasteiger partial charge is 0.449 e. The molecule has 2 unspecified atom stereocenters. The number of thiophene rings is 1. The van der Waals surface area contributed by atoms with Crippen LogP contribution in [0.1, 0.15) is 70.4 Å². The van der Waals surface area contributed by atoms with Gasteiger partial charge in [-0.25, -0.2) is 22.9 Å². The SMILES string of the molecule is CCCCOC(=O)NS(=O)(=O)c1sc(CC(C)C)cc1-c1cccc(C(C(C)CC)n2ccnc2)c1. The first-order valence-corrected chi connectivity index (χ1v) is 14.9. The Morgan fingerprint density at radius 1 is 1.19 bits per heavy atom. The van der Waals surface area contributed by atoms with Gasteiger partial charge < -0.3 is 9.30 Å². The summed E-state index contributed by atoms with van der Waals surface area (Å²) in [7, 11) is -4.11. The fraction of sp³-hybridized carbons (Fsp3) is 0.481. The highest BCUT2D eigenvalue weighted by Crippen LogP contribution is 2.38. The van der Waals surface area contributed by atoms with E-state index in [4.69, 9.17) is 4.74 Å². The van der Waals surface area contributed by atoms with Gasteiger partial charge in [-0.3, -0.25) is 0 Å². The average molecular weight is 532 g/mol. The Bertz CT molecular complexity index is 1230. The van der Waals surface area contributed by atoms with Crippen molar-refractivity contribution < 1.29 is 17.9 Å². The highest BCUT2D eigenvalue weighted by Gasteiger charge is 2.27. The van der Waals surface area contributed by atoms with E-state index < -0.39 is 16.1 Å². The van der Waals surface area contributed by atoms with Crippen molar-refractivity contribution in [1.82, 2.24) is 14.3 Å². The molecule has 0 radical (unpaired) electrons. The highest BCUT2D eigenvalue weighted by molar-refractivity contribution is 7.92. The lowest BCUT2D eigenvalue weighted by molar-refractivity contribution is 0.151. The Labute approximate surface area is 219 Å². The van der Waals surface area contributed by atoms with Gasteiger partial charge in [0.1, 0.15) is 4.21 Å². The molecule has 9 heteroatoms. The number of hydrogen-bond donors (Lipinski definition) is 1. The van der Waals surface area contributed by atoms with E-state index in [2.05, 4.69) is 54.1 Å². The molecule has 2 heterocycles. The molecule has 36 heavy (non-hydrogen) atoms. The number of imidazole rings is 1. The number of nitrogens with one attached hydrogen (secondary N) is 1. The summed E-state index contributed by atoms with van der Waals surface area (Å²) in [5.41, 5.74) is 2.47. The molecular weight excluding hydrogens is 494 g/mol. The van der Waals surface area contributed by atoms with Crippen LogP contribution in [0.2, 0.25) is 0 Å². The van der Waals surface area contributed by atoms with Crippen LogP contribution in [-0.4, -0.2) is 30.7 Å². The maximum atomic E-state index is 13.3. The summed E-state index contributed by atoms with van der Waals surface area (Å²) in [6.07, 6.45) is 7.85. The van der Waals surface area contributed by atoms with E-state index in [1.54, 1.807) is 6.20 Å². The molecule has 0 saturated heterocycles. The van der Waals surface area contributed by atoms with Crippen molar-refractivity contribution in [2.75, 3.05) is 6.61 Å². The molecule has 3 rings (SSSR count). The quantitative estimate of drug-likeness (QED) is 0.264. The molecule has 196 valence electrons. The molecule has 7 nitrogen and oxygen atoms in total. The first kappa shape index (κ1) is 27.9. The highest BCUT2D eigenvalue weighted by atomic mass is 32.2. The van der Waals surface area contributed by atoms with Gasteiger partial charge in [-0.1, -0.05) is 65.7 Å². The number of unbranched alkanes of at least 4 members (excludes halogenated alkanes) is 1. The normalized spacial score (nSPS) is 13.5. The van der Waals surface area contributed by atoms with Crippen molar-refractivity contribution in [1.29, 1.82) is 0 Å². The van der Waals surface area contributed by atoms with Crippen LogP contribution >= 0.6 is 11.3 Å². The first-order chi connectivity index (χ1) is 17.2. The van der Waals surface area contributed by atoms with E-state index in [1.807, 2.05) is 37.6 Å². The van der Waals surface area contributed by atoms with E-state index in [0.717, 1.165) is 35.3 Å². The van der Waals surface area contributed by atoms with Crippen LogP contribution in [0, 0.1) is 11.8 Å². The second-order valence-electron chi connectivity index (χ2n) is 9.57. The molecule has 1 N–H and O–H groups in total. The molecule has 1 aromatic carbocycles. The summed E-state index contributed by atoms with van der Waals surface area (Å²) in [4.78, 5) is 17.4. The van der Waals surface area contributed by atoms with Crippen LogP contribution in [0.3, 0.4) is 0 Å². The summed E-state index contributed by atoms with van der Waals surface area (Å²) >= 11 is 1.21. The van der Waals surface area contributed by atoms with E-state index in [-0.39, 0.29) is 16.9 Å². The average Bonchev–Trinajstić information content (AvgIpc) is 3.50. The van der Waals surface area contributed by atoms with Crippen molar-refractivity contribution in [3.8, 4) is 11.1 Å².